The summed E-state index contributed by atoms with van der Waals surface area (Å²) in [6.07, 6.45) is 2.24. The fourth-order valence-electron chi connectivity index (χ4n) is 3.67. The van der Waals surface area contributed by atoms with E-state index in [2.05, 4.69) is 10.6 Å². The summed E-state index contributed by atoms with van der Waals surface area (Å²) in [5.74, 6) is -0.993. The zero-order valence-electron chi connectivity index (χ0n) is 14.3. The maximum atomic E-state index is 12.8. The Hall–Kier alpha value is -2.86. The molecule has 0 saturated heterocycles. The van der Waals surface area contributed by atoms with E-state index in [0.29, 0.717) is 34.2 Å². The van der Waals surface area contributed by atoms with Crippen molar-refractivity contribution >= 4 is 34.9 Å². The second-order valence-corrected chi connectivity index (χ2v) is 7.17. The van der Waals surface area contributed by atoms with Gasteiger partial charge in [-0.05, 0) is 42.8 Å². The predicted molar refractivity (Wildman–Crippen MR) is 99.0 cm³/mol. The molecular weight excluding hydrogens is 368 g/mol. The average molecular weight is 385 g/mol. The number of ketones is 1. The predicted octanol–water partition coefficient (Wildman–Crippen LogP) is 3.41. The lowest BCUT2D eigenvalue weighted by atomic mass is 9.76. The van der Waals surface area contributed by atoms with E-state index in [1.54, 1.807) is 36.6 Å². The first-order chi connectivity index (χ1) is 13.0. The van der Waals surface area contributed by atoms with E-state index in [1.165, 1.54) is 0 Å². The molecule has 7 heteroatoms. The summed E-state index contributed by atoms with van der Waals surface area (Å²) >= 11 is 5.86. The molecule has 1 aromatic heterocycles. The molecule has 2 heterocycles. The van der Waals surface area contributed by atoms with E-state index < -0.39 is 5.92 Å². The number of rotatable bonds is 3. The molecule has 0 fully saturated rings. The number of hydrogen-bond donors (Lipinski definition) is 2. The van der Waals surface area contributed by atoms with Crippen LogP contribution in [-0.2, 0) is 14.4 Å². The maximum absolute atomic E-state index is 12.8. The number of nitrogens with one attached hydrogen (secondary N) is 2. The Morgan fingerprint density at radius 3 is 2.59 bits per heavy atom. The Bertz CT molecular complexity index is 931. The summed E-state index contributed by atoms with van der Waals surface area (Å²) in [6.45, 7) is 0. The molecule has 0 saturated carbocycles. The minimum atomic E-state index is -0.797. The van der Waals surface area contributed by atoms with Gasteiger partial charge in [0.15, 0.2) is 5.78 Å². The number of hydrogen-bond acceptors (Lipinski definition) is 4. The Labute approximate surface area is 160 Å². The number of Topliss-reactive ketones (excluding diaryl/α,β-unsaturated/α-hetero) is 1. The van der Waals surface area contributed by atoms with Crippen molar-refractivity contribution in [3.8, 4) is 0 Å². The largest absolute Gasteiger partial charge is 0.469 e. The molecule has 6 nitrogen and oxygen atoms in total. The number of carbonyl (C=O) groups is 3. The van der Waals surface area contributed by atoms with E-state index >= 15 is 0 Å². The second kappa shape index (κ2) is 7.04. The van der Waals surface area contributed by atoms with Crippen LogP contribution in [0.2, 0.25) is 5.02 Å². The van der Waals surface area contributed by atoms with Crippen molar-refractivity contribution in [3.63, 3.8) is 0 Å². The van der Waals surface area contributed by atoms with Crippen molar-refractivity contribution in [1.82, 2.24) is 5.32 Å². The van der Waals surface area contributed by atoms with Crippen molar-refractivity contribution in [2.24, 2.45) is 5.92 Å². The first-order valence-electron chi connectivity index (χ1n) is 8.67. The van der Waals surface area contributed by atoms with E-state index in [1.807, 2.05) is 6.07 Å². The summed E-state index contributed by atoms with van der Waals surface area (Å²) in [4.78, 5) is 37.7. The van der Waals surface area contributed by atoms with Crippen LogP contribution in [0.25, 0.3) is 0 Å². The lowest BCUT2D eigenvalue weighted by molar-refractivity contribution is -0.129. The van der Waals surface area contributed by atoms with Crippen LogP contribution in [-0.4, -0.2) is 17.6 Å². The highest BCUT2D eigenvalue weighted by Gasteiger charge is 2.41. The first-order valence-corrected chi connectivity index (χ1v) is 9.05. The van der Waals surface area contributed by atoms with Crippen molar-refractivity contribution in [2.45, 2.75) is 25.2 Å². The molecule has 1 aromatic carbocycles. The van der Waals surface area contributed by atoms with Gasteiger partial charge in [-0.25, -0.2) is 0 Å². The molecule has 0 spiro atoms. The van der Waals surface area contributed by atoms with Gasteiger partial charge in [-0.2, -0.15) is 0 Å². The minimum Gasteiger partial charge on any atom is -0.469 e. The van der Waals surface area contributed by atoms with Crippen molar-refractivity contribution in [1.29, 1.82) is 0 Å². The third kappa shape index (κ3) is 3.53. The SMILES string of the molecule is O=C1C[C@H](C(=O)Nc2ccc(Cl)cc2)C2=C(C[C@@H](c3ccco3)CC2=O)N1. The number of carbonyl (C=O) groups excluding carboxylic acids is 3. The number of anilines is 1. The molecular formula is C20H17ClN2O4. The number of allylic oxidation sites excluding steroid dienone is 1. The Morgan fingerprint density at radius 2 is 1.89 bits per heavy atom. The van der Waals surface area contributed by atoms with Crippen LogP contribution in [0.3, 0.4) is 0 Å². The van der Waals surface area contributed by atoms with E-state index in [9.17, 15) is 14.4 Å². The highest BCUT2D eigenvalue weighted by Crippen LogP contribution is 2.39. The lowest BCUT2D eigenvalue weighted by Gasteiger charge is -2.32. The van der Waals surface area contributed by atoms with Gasteiger partial charge in [0.1, 0.15) is 5.76 Å². The van der Waals surface area contributed by atoms with E-state index in [-0.39, 0.29) is 36.4 Å². The number of amides is 2. The fraction of sp³-hybridized carbons (Fsp3) is 0.250. The third-order valence-electron chi connectivity index (χ3n) is 4.91. The summed E-state index contributed by atoms with van der Waals surface area (Å²) in [6, 6.07) is 10.3. The smallest absolute Gasteiger partial charge is 0.232 e. The van der Waals surface area contributed by atoms with Crippen LogP contribution in [0.1, 0.15) is 30.9 Å². The standard InChI is InChI=1S/C20H17ClN2O4/c21-12-3-5-13(6-4-12)22-20(26)14-10-18(25)23-15-8-11(9-16(24)19(14)15)17-2-1-7-27-17/h1-7,11,14H,8-10H2,(H,22,26)(H,23,25)/t11-,14+/m1/s1. The normalized spacial score (nSPS) is 22.3. The molecule has 2 N–H and O–H groups in total. The van der Waals surface area contributed by atoms with Crippen LogP contribution in [0.4, 0.5) is 5.69 Å². The highest BCUT2D eigenvalue weighted by molar-refractivity contribution is 6.30. The molecule has 27 heavy (non-hydrogen) atoms. The second-order valence-electron chi connectivity index (χ2n) is 6.74. The zero-order chi connectivity index (χ0) is 19.0. The molecule has 2 amide bonds. The molecule has 2 atom stereocenters. The summed E-state index contributed by atoms with van der Waals surface area (Å²) in [5.41, 5.74) is 1.50. The zero-order valence-corrected chi connectivity index (χ0v) is 15.1. The number of furan rings is 1. The number of halogens is 1. The molecule has 1 aliphatic carbocycles. The van der Waals surface area contributed by atoms with Gasteiger partial charge in [0.2, 0.25) is 11.8 Å². The Kier molecular flexibility index (Phi) is 4.58. The van der Waals surface area contributed by atoms with Crippen molar-refractivity contribution < 1.29 is 18.8 Å². The van der Waals surface area contributed by atoms with Gasteiger partial charge in [0.05, 0.1) is 12.2 Å². The summed E-state index contributed by atoms with van der Waals surface area (Å²) in [7, 11) is 0. The quantitative estimate of drug-likeness (QED) is 0.848. The topological polar surface area (TPSA) is 88.4 Å². The van der Waals surface area contributed by atoms with Gasteiger partial charge in [-0.1, -0.05) is 11.6 Å². The van der Waals surface area contributed by atoms with Gasteiger partial charge in [0.25, 0.3) is 0 Å². The molecule has 4 rings (SSSR count). The molecule has 0 bridgehead atoms. The minimum absolute atomic E-state index is 0.0462. The summed E-state index contributed by atoms with van der Waals surface area (Å²) in [5, 5.41) is 6.10. The molecule has 138 valence electrons. The van der Waals surface area contributed by atoms with Gasteiger partial charge >= 0.3 is 0 Å². The highest BCUT2D eigenvalue weighted by atomic mass is 35.5. The lowest BCUT2D eigenvalue weighted by Crippen LogP contribution is -2.43. The van der Waals surface area contributed by atoms with Gasteiger partial charge in [-0.3, -0.25) is 14.4 Å². The van der Waals surface area contributed by atoms with Gasteiger partial charge < -0.3 is 15.1 Å². The van der Waals surface area contributed by atoms with Crippen LogP contribution in [0.5, 0.6) is 0 Å². The Balaban J connectivity index is 1.60. The molecule has 0 unspecified atom stereocenters. The van der Waals surface area contributed by atoms with E-state index in [4.69, 9.17) is 16.0 Å². The number of benzene rings is 1. The van der Waals surface area contributed by atoms with Crippen molar-refractivity contribution in [2.75, 3.05) is 5.32 Å². The third-order valence-corrected chi connectivity index (χ3v) is 5.16. The van der Waals surface area contributed by atoms with Crippen molar-refractivity contribution in [3.05, 3.63) is 64.7 Å². The monoisotopic (exact) mass is 384 g/mol. The maximum Gasteiger partial charge on any atom is 0.232 e. The molecule has 0 radical (unpaired) electrons. The average Bonchev–Trinajstić information content (AvgIpc) is 3.17. The van der Waals surface area contributed by atoms with Gasteiger partial charge in [-0.15, -0.1) is 0 Å². The fourth-order valence-corrected chi connectivity index (χ4v) is 3.80. The first kappa shape index (κ1) is 17.5. The van der Waals surface area contributed by atoms with Crippen LogP contribution in [0.15, 0.2) is 58.3 Å². The molecule has 2 aromatic rings. The molecule has 2 aliphatic rings. The van der Waals surface area contributed by atoms with E-state index in [0.717, 1.165) is 0 Å². The molecule has 1 aliphatic heterocycles. The van der Waals surface area contributed by atoms with Gasteiger partial charge in [0, 0.05) is 40.7 Å². The van der Waals surface area contributed by atoms with Crippen LogP contribution >= 0.6 is 11.6 Å². The van der Waals surface area contributed by atoms with Crippen LogP contribution in [0, 0.1) is 5.92 Å². The van der Waals surface area contributed by atoms with Crippen LogP contribution < -0.4 is 10.6 Å². The Morgan fingerprint density at radius 1 is 1.11 bits per heavy atom. The summed E-state index contributed by atoms with van der Waals surface area (Å²) < 4.78 is 5.41.